The molecule has 0 saturated carbocycles. The monoisotopic (exact) mass is 406 g/mol. The minimum atomic E-state index is -4.13. The van der Waals surface area contributed by atoms with Gasteiger partial charge in [-0.1, -0.05) is 12.1 Å². The zero-order valence-corrected chi connectivity index (χ0v) is 17.0. The second-order valence-electron chi connectivity index (χ2n) is 6.87. The number of sulfone groups is 1. The molecule has 1 aromatic carbocycles. The van der Waals surface area contributed by atoms with Crippen molar-refractivity contribution in [2.45, 2.75) is 42.1 Å². The molecule has 0 radical (unpaired) electrons. The Hall–Kier alpha value is -1.10. The summed E-state index contributed by atoms with van der Waals surface area (Å²) >= 11 is 1.32. The first-order chi connectivity index (χ1) is 11.3. The fraction of sp³-hybridized carbons (Fsp3) is 0.533. The van der Waals surface area contributed by atoms with Crippen LogP contribution in [0.3, 0.4) is 0 Å². The molecule has 2 rings (SSSR count). The number of sulfonamides is 1. The maximum atomic E-state index is 13.1. The highest BCUT2D eigenvalue weighted by Gasteiger charge is 2.42. The van der Waals surface area contributed by atoms with Crippen molar-refractivity contribution in [1.29, 1.82) is 0 Å². The van der Waals surface area contributed by atoms with Crippen molar-refractivity contribution in [2.24, 2.45) is 0 Å². The topological polar surface area (TPSA) is 101 Å². The number of nitrogens with zero attached hydrogens (tertiary/aromatic N) is 1. The van der Waals surface area contributed by atoms with E-state index in [1.54, 1.807) is 0 Å². The van der Waals surface area contributed by atoms with Gasteiger partial charge in [0.2, 0.25) is 15.9 Å². The number of amides is 1. The van der Waals surface area contributed by atoms with Gasteiger partial charge in [-0.3, -0.25) is 4.79 Å². The average Bonchev–Trinajstić information content (AvgIpc) is 2.95. The maximum Gasteiger partial charge on any atom is 0.245 e. The molecule has 25 heavy (non-hydrogen) atoms. The predicted molar refractivity (Wildman–Crippen MR) is 97.6 cm³/mol. The van der Waals surface area contributed by atoms with E-state index in [2.05, 4.69) is 5.32 Å². The van der Waals surface area contributed by atoms with Crippen LogP contribution >= 0.6 is 11.8 Å². The van der Waals surface area contributed by atoms with Crippen LogP contribution in [0.25, 0.3) is 0 Å². The summed E-state index contributed by atoms with van der Waals surface area (Å²) in [6.07, 6.45) is 0.962. The van der Waals surface area contributed by atoms with Gasteiger partial charge in [0.1, 0.15) is 10.9 Å². The summed E-state index contributed by atoms with van der Waals surface area (Å²) in [6, 6.07) is 4.58. The summed E-state index contributed by atoms with van der Waals surface area (Å²) < 4.78 is 51.1. The Bertz CT molecular complexity index is 873. The van der Waals surface area contributed by atoms with Crippen LogP contribution in [0.2, 0.25) is 0 Å². The van der Waals surface area contributed by atoms with Gasteiger partial charge in [-0.2, -0.15) is 4.31 Å². The lowest BCUT2D eigenvalue weighted by Gasteiger charge is -2.27. The fourth-order valence-corrected chi connectivity index (χ4v) is 7.17. The first-order valence-corrected chi connectivity index (χ1v) is 12.0. The van der Waals surface area contributed by atoms with Crippen LogP contribution in [0.1, 0.15) is 20.8 Å². The highest BCUT2D eigenvalue weighted by Crippen LogP contribution is 2.31. The number of rotatable bonds is 4. The number of nitrogens with one attached hydrogen (secondary N) is 1. The first kappa shape index (κ1) is 20.2. The predicted octanol–water partition coefficient (Wildman–Crippen LogP) is 1.07. The molecule has 1 aromatic rings. The van der Waals surface area contributed by atoms with Gasteiger partial charge in [-0.15, -0.1) is 11.8 Å². The lowest BCUT2D eigenvalue weighted by Crippen LogP contribution is -2.52. The Morgan fingerprint density at radius 3 is 2.24 bits per heavy atom. The van der Waals surface area contributed by atoms with Gasteiger partial charge in [0.05, 0.1) is 10.8 Å². The molecule has 1 heterocycles. The molecule has 1 atom stereocenters. The Kier molecular flexibility index (Phi) is 5.58. The number of thioether (sulfide) groups is 1. The van der Waals surface area contributed by atoms with Crippen molar-refractivity contribution < 1.29 is 21.6 Å². The van der Waals surface area contributed by atoms with E-state index in [4.69, 9.17) is 0 Å². The van der Waals surface area contributed by atoms with Crippen molar-refractivity contribution >= 4 is 37.5 Å². The van der Waals surface area contributed by atoms with Gasteiger partial charge < -0.3 is 5.32 Å². The van der Waals surface area contributed by atoms with Gasteiger partial charge in [0.15, 0.2) is 9.84 Å². The summed E-state index contributed by atoms with van der Waals surface area (Å²) in [5.41, 5.74) is -0.496. The third-order valence-electron chi connectivity index (χ3n) is 3.48. The molecule has 1 saturated heterocycles. The van der Waals surface area contributed by atoms with Crippen LogP contribution in [0, 0.1) is 0 Å². The normalized spacial score (nSPS) is 19.8. The molecule has 1 amide bonds. The SMILES string of the molecule is CC(C)(C)NC(=O)[C@@H]1CSCN1S(=O)(=O)c1ccccc1S(C)(=O)=O. The third kappa shape index (κ3) is 4.55. The molecule has 0 aliphatic carbocycles. The van der Waals surface area contributed by atoms with Gasteiger partial charge in [0, 0.05) is 17.5 Å². The standard InChI is InChI=1S/C15H22N2O5S3/c1-15(2,3)16-14(18)11-9-23-10-17(11)25(21,22)13-8-6-5-7-12(13)24(4,19)20/h5-8,11H,9-10H2,1-4H3,(H,16,18)/t11-/m0/s1. The molecular formula is C15H22N2O5S3. The molecule has 7 nitrogen and oxygen atoms in total. The molecule has 0 spiro atoms. The number of carbonyl (C=O) groups is 1. The summed E-state index contributed by atoms with van der Waals surface area (Å²) in [5.74, 6) is 0.0307. The van der Waals surface area contributed by atoms with Gasteiger partial charge in [0.25, 0.3) is 0 Å². The molecule has 10 heteroatoms. The van der Waals surface area contributed by atoms with Crippen LogP contribution in [0.4, 0.5) is 0 Å². The van der Waals surface area contributed by atoms with Crippen molar-refractivity contribution in [3.8, 4) is 0 Å². The van der Waals surface area contributed by atoms with E-state index in [0.29, 0.717) is 5.75 Å². The highest BCUT2D eigenvalue weighted by molar-refractivity contribution is 8.00. The zero-order chi connectivity index (χ0) is 19.0. The minimum Gasteiger partial charge on any atom is -0.350 e. The molecule has 0 unspecified atom stereocenters. The Morgan fingerprint density at radius 1 is 1.16 bits per heavy atom. The van der Waals surface area contributed by atoms with E-state index in [-0.39, 0.29) is 15.7 Å². The third-order valence-corrected chi connectivity index (χ3v) is 7.85. The van der Waals surface area contributed by atoms with E-state index in [0.717, 1.165) is 10.6 Å². The molecule has 1 fully saturated rings. The van der Waals surface area contributed by atoms with Crippen molar-refractivity contribution in [3.63, 3.8) is 0 Å². The highest BCUT2D eigenvalue weighted by atomic mass is 32.2. The summed E-state index contributed by atoms with van der Waals surface area (Å²) in [6.45, 7) is 5.43. The number of hydrogen-bond acceptors (Lipinski definition) is 6. The van der Waals surface area contributed by atoms with E-state index in [1.165, 1.54) is 36.0 Å². The molecule has 140 valence electrons. The first-order valence-electron chi connectivity index (χ1n) is 7.55. The summed E-state index contributed by atoms with van der Waals surface area (Å²) in [5, 5.41) is 2.78. The van der Waals surface area contributed by atoms with E-state index in [1.807, 2.05) is 20.8 Å². The number of benzene rings is 1. The Morgan fingerprint density at radius 2 is 1.72 bits per heavy atom. The van der Waals surface area contributed by atoms with Crippen LogP contribution in [-0.2, 0) is 24.7 Å². The lowest BCUT2D eigenvalue weighted by molar-refractivity contribution is -0.125. The van der Waals surface area contributed by atoms with Gasteiger partial charge >= 0.3 is 0 Å². The fourth-order valence-electron chi connectivity index (χ4n) is 2.42. The quantitative estimate of drug-likeness (QED) is 0.803. The van der Waals surface area contributed by atoms with E-state index < -0.39 is 37.3 Å². The Balaban J connectivity index is 2.45. The largest absolute Gasteiger partial charge is 0.350 e. The lowest BCUT2D eigenvalue weighted by atomic mass is 10.1. The van der Waals surface area contributed by atoms with E-state index >= 15 is 0 Å². The molecular weight excluding hydrogens is 384 g/mol. The van der Waals surface area contributed by atoms with Crippen LogP contribution in [-0.4, -0.2) is 56.5 Å². The van der Waals surface area contributed by atoms with E-state index in [9.17, 15) is 21.6 Å². The summed E-state index contributed by atoms with van der Waals surface area (Å²) in [7, 11) is -7.86. The summed E-state index contributed by atoms with van der Waals surface area (Å²) in [4.78, 5) is 11.9. The number of hydrogen-bond donors (Lipinski definition) is 1. The second-order valence-corrected chi connectivity index (χ2v) is 11.7. The van der Waals surface area contributed by atoms with Crippen LogP contribution < -0.4 is 5.32 Å². The molecule has 0 bridgehead atoms. The minimum absolute atomic E-state index is 0.0999. The zero-order valence-electron chi connectivity index (χ0n) is 14.5. The maximum absolute atomic E-state index is 13.1. The van der Waals surface area contributed by atoms with Gasteiger partial charge in [-0.05, 0) is 32.9 Å². The molecule has 1 aliphatic rings. The van der Waals surface area contributed by atoms with Gasteiger partial charge in [-0.25, -0.2) is 16.8 Å². The number of carbonyl (C=O) groups excluding carboxylic acids is 1. The van der Waals surface area contributed by atoms with Crippen LogP contribution in [0.5, 0.6) is 0 Å². The van der Waals surface area contributed by atoms with Crippen molar-refractivity contribution in [1.82, 2.24) is 9.62 Å². The molecule has 1 N–H and O–H groups in total. The smallest absolute Gasteiger partial charge is 0.245 e. The molecule has 0 aromatic heterocycles. The van der Waals surface area contributed by atoms with Crippen molar-refractivity contribution in [3.05, 3.63) is 24.3 Å². The average molecular weight is 407 g/mol. The second kappa shape index (κ2) is 6.90. The van der Waals surface area contributed by atoms with Crippen molar-refractivity contribution in [2.75, 3.05) is 17.9 Å². The molecule has 1 aliphatic heterocycles. The Labute approximate surface area is 153 Å². The van der Waals surface area contributed by atoms with Crippen LogP contribution in [0.15, 0.2) is 34.1 Å².